The van der Waals surface area contributed by atoms with Gasteiger partial charge in [0.05, 0.1) is 0 Å². The number of aliphatic hydroxyl groups excluding tert-OH is 1. The second kappa shape index (κ2) is 3.18. The van der Waals surface area contributed by atoms with Crippen LogP contribution in [0.4, 0.5) is 13.2 Å². The van der Waals surface area contributed by atoms with E-state index in [4.69, 9.17) is 5.11 Å². The molecule has 1 rings (SSSR count). The Bertz CT molecular complexity index is 229. The molecule has 2 N–H and O–H groups in total. The molecule has 0 saturated heterocycles. The lowest BCUT2D eigenvalue weighted by atomic mass is 10.1. The van der Waals surface area contributed by atoms with Crippen LogP contribution in [0.25, 0.3) is 0 Å². The van der Waals surface area contributed by atoms with Crippen molar-refractivity contribution in [2.24, 2.45) is 0 Å². The van der Waals surface area contributed by atoms with Crippen molar-refractivity contribution >= 4 is 0 Å². The summed E-state index contributed by atoms with van der Waals surface area (Å²) in [5.41, 5.74) is 0.444. The first-order chi connectivity index (χ1) is 5.50. The molecule has 2 nitrogen and oxygen atoms in total. The minimum absolute atomic E-state index is 0.396. The average molecular weight is 179 g/mol. The molecule has 0 aromatic carbocycles. The molecule has 1 aromatic rings. The molecule has 0 aliphatic heterocycles. The van der Waals surface area contributed by atoms with Gasteiger partial charge in [0.15, 0.2) is 6.10 Å². The monoisotopic (exact) mass is 179 g/mol. The second-order valence-corrected chi connectivity index (χ2v) is 2.48. The largest absolute Gasteiger partial charge is 0.414 e. The normalized spacial score (nSPS) is 14.7. The summed E-state index contributed by atoms with van der Waals surface area (Å²) in [5.74, 6) is 0. The first-order valence-electron chi connectivity index (χ1n) is 3.36. The molecule has 0 aliphatic carbocycles. The Morgan fingerprint density at radius 3 is 2.58 bits per heavy atom. The number of aromatic amines is 1. The van der Waals surface area contributed by atoms with Crippen LogP contribution in [0.1, 0.15) is 5.56 Å². The molecule has 0 spiro atoms. The van der Waals surface area contributed by atoms with Gasteiger partial charge in [0.25, 0.3) is 0 Å². The number of aliphatic hydroxyl groups is 1. The third-order valence-electron chi connectivity index (χ3n) is 1.47. The zero-order chi connectivity index (χ0) is 9.19. The van der Waals surface area contributed by atoms with Crippen LogP contribution in [0.5, 0.6) is 0 Å². The van der Waals surface area contributed by atoms with Crippen LogP contribution < -0.4 is 0 Å². The molecule has 12 heavy (non-hydrogen) atoms. The highest BCUT2D eigenvalue weighted by molar-refractivity contribution is 5.09. The fraction of sp³-hybridized carbons (Fsp3) is 0.429. The van der Waals surface area contributed by atoms with Gasteiger partial charge in [-0.2, -0.15) is 13.2 Å². The van der Waals surface area contributed by atoms with Crippen molar-refractivity contribution in [3.63, 3.8) is 0 Å². The molecule has 68 valence electrons. The smallest absolute Gasteiger partial charge is 0.383 e. The lowest BCUT2D eigenvalue weighted by molar-refractivity contribution is -0.203. The molecular weight excluding hydrogens is 171 g/mol. The van der Waals surface area contributed by atoms with Gasteiger partial charge >= 0.3 is 6.18 Å². The molecule has 0 saturated carbocycles. The molecule has 1 heterocycles. The van der Waals surface area contributed by atoms with Gasteiger partial charge in [0.1, 0.15) is 0 Å². The van der Waals surface area contributed by atoms with E-state index in [2.05, 4.69) is 4.98 Å². The Morgan fingerprint density at radius 1 is 1.50 bits per heavy atom. The highest BCUT2D eigenvalue weighted by Crippen LogP contribution is 2.22. The van der Waals surface area contributed by atoms with Gasteiger partial charge in [-0.1, -0.05) is 0 Å². The van der Waals surface area contributed by atoms with Gasteiger partial charge in [-0.25, -0.2) is 0 Å². The Labute approximate surface area is 67.0 Å². The van der Waals surface area contributed by atoms with Crippen LogP contribution in [0, 0.1) is 0 Å². The topological polar surface area (TPSA) is 36.0 Å². The number of halogens is 3. The quantitative estimate of drug-likeness (QED) is 0.708. The maximum atomic E-state index is 11.8. The van der Waals surface area contributed by atoms with Crippen molar-refractivity contribution in [3.8, 4) is 0 Å². The van der Waals surface area contributed by atoms with Crippen molar-refractivity contribution in [2.45, 2.75) is 18.7 Å². The summed E-state index contributed by atoms with van der Waals surface area (Å²) < 4.78 is 35.3. The minimum atomic E-state index is -4.53. The maximum absolute atomic E-state index is 11.8. The Kier molecular flexibility index (Phi) is 2.42. The summed E-state index contributed by atoms with van der Waals surface area (Å²) in [6, 6.07) is 1.50. The highest BCUT2D eigenvalue weighted by atomic mass is 19.4. The van der Waals surface area contributed by atoms with E-state index >= 15 is 0 Å². The van der Waals surface area contributed by atoms with E-state index in [1.165, 1.54) is 18.5 Å². The third kappa shape index (κ3) is 2.27. The summed E-state index contributed by atoms with van der Waals surface area (Å²) in [6.45, 7) is 0. The number of hydrogen-bond acceptors (Lipinski definition) is 1. The van der Waals surface area contributed by atoms with Crippen LogP contribution in [-0.2, 0) is 6.42 Å². The number of nitrogens with one attached hydrogen (secondary N) is 1. The summed E-state index contributed by atoms with van der Waals surface area (Å²) in [5, 5.41) is 8.62. The summed E-state index contributed by atoms with van der Waals surface area (Å²) in [7, 11) is 0. The molecule has 1 atom stereocenters. The van der Waals surface area contributed by atoms with E-state index in [1.807, 2.05) is 0 Å². The zero-order valence-electron chi connectivity index (χ0n) is 6.10. The molecule has 0 aliphatic rings. The fourth-order valence-electron chi connectivity index (χ4n) is 0.824. The summed E-state index contributed by atoms with van der Waals surface area (Å²) in [4.78, 5) is 2.61. The van der Waals surface area contributed by atoms with Crippen LogP contribution in [0.15, 0.2) is 18.5 Å². The van der Waals surface area contributed by atoms with Crippen LogP contribution in [0.2, 0.25) is 0 Å². The van der Waals surface area contributed by atoms with Crippen LogP contribution >= 0.6 is 0 Å². The molecule has 0 fully saturated rings. The first kappa shape index (κ1) is 9.12. The van der Waals surface area contributed by atoms with Gasteiger partial charge in [-0.15, -0.1) is 0 Å². The van der Waals surface area contributed by atoms with Crippen molar-refractivity contribution in [2.75, 3.05) is 0 Å². The van der Waals surface area contributed by atoms with E-state index in [0.29, 0.717) is 5.56 Å². The highest BCUT2D eigenvalue weighted by Gasteiger charge is 2.37. The zero-order valence-corrected chi connectivity index (χ0v) is 6.10. The third-order valence-corrected chi connectivity index (χ3v) is 1.47. The predicted molar refractivity (Wildman–Crippen MR) is 36.6 cm³/mol. The van der Waals surface area contributed by atoms with Crippen molar-refractivity contribution in [1.82, 2.24) is 4.98 Å². The standard InChI is InChI=1S/C7H8F3NO/c8-7(9,10)6(12)3-5-1-2-11-4-5/h1-2,4,6,11-12H,3H2. The molecular formula is C7H8F3NO. The Hall–Kier alpha value is -0.970. The second-order valence-electron chi connectivity index (χ2n) is 2.48. The van der Waals surface area contributed by atoms with Gasteiger partial charge in [-0.05, 0) is 11.6 Å². The maximum Gasteiger partial charge on any atom is 0.414 e. The van der Waals surface area contributed by atoms with Gasteiger partial charge in [0.2, 0.25) is 0 Å². The van der Waals surface area contributed by atoms with E-state index in [9.17, 15) is 13.2 Å². The SMILES string of the molecule is OC(Cc1cc[nH]c1)C(F)(F)F. The van der Waals surface area contributed by atoms with E-state index in [0.717, 1.165) is 0 Å². The summed E-state index contributed by atoms with van der Waals surface area (Å²) >= 11 is 0. The number of H-pyrrole nitrogens is 1. The lowest BCUT2D eigenvalue weighted by Gasteiger charge is -2.12. The molecule has 0 bridgehead atoms. The number of rotatable bonds is 2. The molecule has 0 amide bonds. The van der Waals surface area contributed by atoms with Gasteiger partial charge < -0.3 is 10.1 Å². The Morgan fingerprint density at radius 2 is 2.17 bits per heavy atom. The van der Waals surface area contributed by atoms with Crippen LogP contribution in [0.3, 0.4) is 0 Å². The van der Waals surface area contributed by atoms with E-state index in [-0.39, 0.29) is 0 Å². The van der Waals surface area contributed by atoms with E-state index < -0.39 is 18.7 Å². The first-order valence-corrected chi connectivity index (χ1v) is 3.36. The average Bonchev–Trinajstić information content (AvgIpc) is 2.37. The number of hydrogen-bond donors (Lipinski definition) is 2. The molecule has 1 unspecified atom stereocenters. The molecule has 5 heteroatoms. The Balaban J connectivity index is 2.53. The minimum Gasteiger partial charge on any atom is -0.383 e. The number of alkyl halides is 3. The van der Waals surface area contributed by atoms with Crippen molar-refractivity contribution in [1.29, 1.82) is 0 Å². The van der Waals surface area contributed by atoms with Gasteiger partial charge in [-0.3, -0.25) is 0 Å². The molecule has 0 radical (unpaired) electrons. The lowest BCUT2D eigenvalue weighted by Crippen LogP contribution is -2.30. The van der Waals surface area contributed by atoms with Crippen molar-refractivity contribution in [3.05, 3.63) is 24.0 Å². The summed E-state index contributed by atoms with van der Waals surface area (Å²) in [6.07, 6.45) is -4.26. The van der Waals surface area contributed by atoms with E-state index in [1.54, 1.807) is 0 Å². The van der Waals surface area contributed by atoms with Crippen molar-refractivity contribution < 1.29 is 18.3 Å². The van der Waals surface area contributed by atoms with Gasteiger partial charge in [0, 0.05) is 18.8 Å². The fourth-order valence-corrected chi connectivity index (χ4v) is 0.824. The number of aromatic nitrogens is 1. The van der Waals surface area contributed by atoms with Crippen LogP contribution in [-0.4, -0.2) is 22.4 Å². The predicted octanol–water partition coefficient (Wildman–Crippen LogP) is 1.48. The molecule has 1 aromatic heterocycles.